The van der Waals surface area contributed by atoms with E-state index in [9.17, 15) is 4.79 Å². The third kappa shape index (κ3) is 3.47. The number of nitrogens with two attached hydrogens (primary N) is 1. The van der Waals surface area contributed by atoms with Crippen LogP contribution in [0.1, 0.15) is 20.3 Å². The lowest BCUT2D eigenvalue weighted by Gasteiger charge is -2.25. The summed E-state index contributed by atoms with van der Waals surface area (Å²) in [5.41, 5.74) is 5.87. The molecule has 1 saturated heterocycles. The fraction of sp³-hybridized carbons (Fsp3) is 0.909. The van der Waals surface area contributed by atoms with Crippen molar-refractivity contribution >= 4 is 5.91 Å². The first kappa shape index (κ1) is 12.5. The Morgan fingerprint density at radius 3 is 2.47 bits per heavy atom. The summed E-state index contributed by atoms with van der Waals surface area (Å²) in [6, 6.07) is -0.339. The second-order valence-electron chi connectivity index (χ2n) is 4.75. The SMILES string of the molecule is CC(C)C(N)C(=O)N1CCCN(C)CC1. The molecule has 1 amide bonds. The van der Waals surface area contributed by atoms with E-state index >= 15 is 0 Å². The summed E-state index contributed by atoms with van der Waals surface area (Å²) in [5, 5.41) is 0. The highest BCUT2D eigenvalue weighted by atomic mass is 16.2. The van der Waals surface area contributed by atoms with E-state index in [0.717, 1.165) is 32.6 Å². The average Bonchev–Trinajstić information content (AvgIpc) is 2.40. The van der Waals surface area contributed by atoms with Crippen LogP contribution in [0.2, 0.25) is 0 Å². The van der Waals surface area contributed by atoms with E-state index in [4.69, 9.17) is 5.73 Å². The number of rotatable bonds is 2. The molecule has 1 heterocycles. The van der Waals surface area contributed by atoms with E-state index in [-0.39, 0.29) is 17.9 Å². The van der Waals surface area contributed by atoms with Crippen LogP contribution in [-0.2, 0) is 4.79 Å². The van der Waals surface area contributed by atoms with Crippen LogP contribution in [0.3, 0.4) is 0 Å². The molecule has 0 aromatic carbocycles. The first-order valence-electron chi connectivity index (χ1n) is 5.75. The van der Waals surface area contributed by atoms with Gasteiger partial charge in [0.25, 0.3) is 0 Å². The van der Waals surface area contributed by atoms with Crippen LogP contribution in [0.5, 0.6) is 0 Å². The average molecular weight is 213 g/mol. The van der Waals surface area contributed by atoms with Crippen molar-refractivity contribution in [2.75, 3.05) is 33.2 Å². The van der Waals surface area contributed by atoms with Crippen LogP contribution in [0.15, 0.2) is 0 Å². The minimum Gasteiger partial charge on any atom is -0.340 e. The summed E-state index contributed by atoms with van der Waals surface area (Å²) < 4.78 is 0. The second-order valence-corrected chi connectivity index (χ2v) is 4.75. The van der Waals surface area contributed by atoms with Crippen molar-refractivity contribution in [3.8, 4) is 0 Å². The Balaban J connectivity index is 2.52. The van der Waals surface area contributed by atoms with Gasteiger partial charge in [0, 0.05) is 19.6 Å². The molecule has 0 bridgehead atoms. The Morgan fingerprint density at radius 2 is 1.87 bits per heavy atom. The molecule has 1 fully saturated rings. The van der Waals surface area contributed by atoms with Gasteiger partial charge in [0.2, 0.25) is 5.91 Å². The van der Waals surface area contributed by atoms with Crippen molar-refractivity contribution in [3.63, 3.8) is 0 Å². The number of nitrogens with zero attached hydrogens (tertiary/aromatic N) is 2. The van der Waals surface area contributed by atoms with Gasteiger partial charge in [-0.05, 0) is 25.9 Å². The third-order valence-corrected chi connectivity index (χ3v) is 3.03. The van der Waals surface area contributed by atoms with E-state index in [0.29, 0.717) is 0 Å². The Labute approximate surface area is 92.4 Å². The molecule has 0 aromatic heterocycles. The molecule has 4 nitrogen and oxygen atoms in total. The highest BCUT2D eigenvalue weighted by Gasteiger charge is 2.24. The number of hydrogen-bond acceptors (Lipinski definition) is 3. The summed E-state index contributed by atoms with van der Waals surface area (Å²) in [4.78, 5) is 16.2. The lowest BCUT2D eigenvalue weighted by molar-refractivity contribution is -0.133. The molecule has 0 spiro atoms. The number of likely N-dealkylation sites (N-methyl/N-ethyl adjacent to an activating group) is 1. The molecular weight excluding hydrogens is 190 g/mol. The zero-order chi connectivity index (χ0) is 11.4. The van der Waals surface area contributed by atoms with Crippen molar-refractivity contribution in [1.29, 1.82) is 0 Å². The third-order valence-electron chi connectivity index (χ3n) is 3.03. The molecular formula is C11H23N3O. The second kappa shape index (κ2) is 5.47. The van der Waals surface area contributed by atoms with Crippen LogP contribution < -0.4 is 5.73 Å². The van der Waals surface area contributed by atoms with Crippen molar-refractivity contribution in [2.45, 2.75) is 26.3 Å². The van der Waals surface area contributed by atoms with Crippen molar-refractivity contribution in [2.24, 2.45) is 11.7 Å². The van der Waals surface area contributed by atoms with Crippen molar-refractivity contribution in [3.05, 3.63) is 0 Å². The van der Waals surface area contributed by atoms with Gasteiger partial charge in [-0.1, -0.05) is 13.8 Å². The predicted octanol–water partition coefficient (Wildman–Crippen LogP) is 0.134. The van der Waals surface area contributed by atoms with E-state index in [2.05, 4.69) is 11.9 Å². The number of carbonyl (C=O) groups is 1. The molecule has 1 aliphatic heterocycles. The Kier molecular flexibility index (Phi) is 4.54. The Morgan fingerprint density at radius 1 is 1.20 bits per heavy atom. The topological polar surface area (TPSA) is 49.6 Å². The normalized spacial score (nSPS) is 21.5. The van der Waals surface area contributed by atoms with E-state index in [1.807, 2.05) is 18.7 Å². The lowest BCUT2D eigenvalue weighted by Crippen LogP contribution is -2.47. The largest absolute Gasteiger partial charge is 0.340 e. The van der Waals surface area contributed by atoms with Crippen molar-refractivity contribution < 1.29 is 4.79 Å². The molecule has 1 rings (SSSR count). The molecule has 1 aliphatic rings. The quantitative estimate of drug-likeness (QED) is 0.709. The zero-order valence-electron chi connectivity index (χ0n) is 10.1. The van der Waals surface area contributed by atoms with Gasteiger partial charge in [-0.3, -0.25) is 4.79 Å². The first-order valence-corrected chi connectivity index (χ1v) is 5.75. The predicted molar refractivity (Wildman–Crippen MR) is 61.5 cm³/mol. The molecule has 2 N–H and O–H groups in total. The van der Waals surface area contributed by atoms with Gasteiger partial charge in [0.1, 0.15) is 0 Å². The number of hydrogen-bond donors (Lipinski definition) is 1. The van der Waals surface area contributed by atoms with Crippen LogP contribution in [-0.4, -0.2) is 55.0 Å². The summed E-state index contributed by atoms with van der Waals surface area (Å²) in [6.45, 7) is 7.68. The van der Waals surface area contributed by atoms with Crippen LogP contribution in [0.25, 0.3) is 0 Å². The van der Waals surface area contributed by atoms with Gasteiger partial charge in [-0.25, -0.2) is 0 Å². The van der Waals surface area contributed by atoms with Crippen LogP contribution in [0, 0.1) is 5.92 Å². The molecule has 4 heteroatoms. The smallest absolute Gasteiger partial charge is 0.239 e. The van der Waals surface area contributed by atoms with E-state index in [1.165, 1.54) is 0 Å². The fourth-order valence-corrected chi connectivity index (χ4v) is 1.76. The van der Waals surface area contributed by atoms with Gasteiger partial charge < -0.3 is 15.5 Å². The summed E-state index contributed by atoms with van der Waals surface area (Å²) in [7, 11) is 2.09. The summed E-state index contributed by atoms with van der Waals surface area (Å²) in [5.74, 6) is 0.332. The molecule has 0 aliphatic carbocycles. The maximum atomic E-state index is 12.0. The van der Waals surface area contributed by atoms with Gasteiger partial charge in [-0.15, -0.1) is 0 Å². The van der Waals surface area contributed by atoms with E-state index < -0.39 is 0 Å². The van der Waals surface area contributed by atoms with Gasteiger partial charge in [0.15, 0.2) is 0 Å². The molecule has 15 heavy (non-hydrogen) atoms. The molecule has 0 radical (unpaired) electrons. The molecule has 88 valence electrons. The molecule has 0 aromatic rings. The first-order chi connectivity index (χ1) is 7.02. The summed E-state index contributed by atoms with van der Waals surface area (Å²) in [6.07, 6.45) is 1.05. The minimum atomic E-state index is -0.339. The number of carbonyl (C=O) groups excluding carboxylic acids is 1. The van der Waals surface area contributed by atoms with Crippen LogP contribution >= 0.6 is 0 Å². The monoisotopic (exact) mass is 213 g/mol. The molecule has 1 unspecified atom stereocenters. The zero-order valence-corrected chi connectivity index (χ0v) is 10.1. The summed E-state index contributed by atoms with van der Waals surface area (Å²) >= 11 is 0. The minimum absolute atomic E-state index is 0.111. The fourth-order valence-electron chi connectivity index (χ4n) is 1.76. The van der Waals surface area contributed by atoms with E-state index in [1.54, 1.807) is 0 Å². The lowest BCUT2D eigenvalue weighted by atomic mass is 10.0. The maximum absolute atomic E-state index is 12.0. The van der Waals surface area contributed by atoms with Gasteiger partial charge in [-0.2, -0.15) is 0 Å². The highest BCUT2D eigenvalue weighted by molar-refractivity contribution is 5.81. The highest BCUT2D eigenvalue weighted by Crippen LogP contribution is 2.07. The van der Waals surface area contributed by atoms with Gasteiger partial charge in [0.05, 0.1) is 6.04 Å². The molecule has 0 saturated carbocycles. The van der Waals surface area contributed by atoms with Crippen LogP contribution in [0.4, 0.5) is 0 Å². The standard InChI is InChI=1S/C11H23N3O/c1-9(2)10(12)11(15)14-6-4-5-13(3)7-8-14/h9-10H,4-8,12H2,1-3H3. The Hall–Kier alpha value is -0.610. The number of amides is 1. The molecule has 1 atom stereocenters. The van der Waals surface area contributed by atoms with Gasteiger partial charge >= 0.3 is 0 Å². The Bertz CT molecular complexity index is 218. The maximum Gasteiger partial charge on any atom is 0.239 e. The van der Waals surface area contributed by atoms with Crippen molar-refractivity contribution in [1.82, 2.24) is 9.80 Å².